The zero-order chi connectivity index (χ0) is 24.1. The third kappa shape index (κ3) is 5.48. The van der Waals surface area contributed by atoms with Gasteiger partial charge in [-0.1, -0.05) is 0 Å². The number of aliphatic hydroxyl groups excluding tert-OH is 1. The minimum Gasteiger partial charge on any atom is -0.489 e. The molecule has 1 aromatic carbocycles. The van der Waals surface area contributed by atoms with Crippen molar-refractivity contribution in [1.29, 1.82) is 0 Å². The van der Waals surface area contributed by atoms with Crippen LogP contribution in [0.4, 0.5) is 4.79 Å². The van der Waals surface area contributed by atoms with Crippen molar-refractivity contribution in [1.82, 2.24) is 19.8 Å². The van der Waals surface area contributed by atoms with Crippen molar-refractivity contribution in [3.63, 3.8) is 0 Å². The average Bonchev–Trinajstić information content (AvgIpc) is 3.26. The quantitative estimate of drug-likeness (QED) is 0.554. The number of carbonyl (C=O) groups is 2. The summed E-state index contributed by atoms with van der Waals surface area (Å²) in [4.78, 5) is 30.4. The second-order valence-corrected chi connectivity index (χ2v) is 8.53. The Bertz CT molecular complexity index is 1130. The Kier molecular flexibility index (Phi) is 7.32. The second kappa shape index (κ2) is 10.6. The zero-order valence-corrected chi connectivity index (χ0v) is 19.4. The van der Waals surface area contributed by atoms with E-state index in [4.69, 9.17) is 14.6 Å². The first-order valence-electron chi connectivity index (χ1n) is 11.5. The fourth-order valence-corrected chi connectivity index (χ4v) is 3.96. The molecule has 0 aliphatic carbocycles. The Labute approximate surface area is 198 Å². The van der Waals surface area contributed by atoms with Crippen LogP contribution in [0.15, 0.2) is 48.8 Å². The summed E-state index contributed by atoms with van der Waals surface area (Å²) in [5.41, 5.74) is 1.47. The van der Waals surface area contributed by atoms with Crippen molar-refractivity contribution in [3.05, 3.63) is 54.4 Å². The van der Waals surface area contributed by atoms with Crippen molar-refractivity contribution in [2.75, 3.05) is 26.2 Å². The highest BCUT2D eigenvalue weighted by atomic mass is 16.6. The molecule has 3 aromatic rings. The zero-order valence-electron chi connectivity index (χ0n) is 19.4. The van der Waals surface area contributed by atoms with Crippen LogP contribution >= 0.6 is 0 Å². The Balaban J connectivity index is 1.37. The van der Waals surface area contributed by atoms with Gasteiger partial charge in [0.15, 0.2) is 0 Å². The number of likely N-dealkylation sites (tertiary alicyclic amines) is 1. The van der Waals surface area contributed by atoms with Gasteiger partial charge in [-0.2, -0.15) is 0 Å². The lowest BCUT2D eigenvalue weighted by atomic mass is 10.1. The van der Waals surface area contributed by atoms with Crippen LogP contribution in [0.25, 0.3) is 16.7 Å². The topological polar surface area (TPSA) is 106 Å². The van der Waals surface area contributed by atoms with E-state index in [2.05, 4.69) is 10.3 Å². The van der Waals surface area contributed by atoms with Crippen LogP contribution < -0.4 is 10.1 Å². The van der Waals surface area contributed by atoms with Gasteiger partial charge in [-0.25, -0.2) is 9.78 Å². The largest absolute Gasteiger partial charge is 0.489 e. The Morgan fingerprint density at radius 3 is 2.65 bits per heavy atom. The summed E-state index contributed by atoms with van der Waals surface area (Å²) in [5, 5.41) is 12.5. The number of carbonyl (C=O) groups excluding carboxylic acids is 2. The minimum atomic E-state index is -0.267. The van der Waals surface area contributed by atoms with Gasteiger partial charge in [0.1, 0.15) is 17.7 Å². The molecule has 34 heavy (non-hydrogen) atoms. The Morgan fingerprint density at radius 1 is 1.18 bits per heavy atom. The van der Waals surface area contributed by atoms with Gasteiger partial charge in [0.05, 0.1) is 24.4 Å². The third-order valence-electron chi connectivity index (χ3n) is 5.66. The fraction of sp³-hybridized carbons (Fsp3) is 0.400. The van der Waals surface area contributed by atoms with Gasteiger partial charge in [-0.15, -0.1) is 0 Å². The van der Waals surface area contributed by atoms with Crippen LogP contribution in [0.3, 0.4) is 0 Å². The van der Waals surface area contributed by atoms with Crippen LogP contribution in [-0.2, 0) is 4.74 Å². The van der Waals surface area contributed by atoms with Gasteiger partial charge >= 0.3 is 6.09 Å². The number of pyridine rings is 1. The smallest absolute Gasteiger partial charge is 0.410 e. The molecule has 3 heterocycles. The number of aromatic nitrogens is 2. The van der Waals surface area contributed by atoms with Gasteiger partial charge in [-0.05, 0) is 50.2 Å². The number of nitrogens with zero attached hydrogens (tertiary/aromatic N) is 3. The molecule has 2 amide bonds. The van der Waals surface area contributed by atoms with Gasteiger partial charge in [0.25, 0.3) is 5.91 Å². The molecule has 9 heteroatoms. The molecule has 180 valence electrons. The van der Waals surface area contributed by atoms with E-state index in [-0.39, 0.29) is 37.4 Å². The van der Waals surface area contributed by atoms with E-state index in [1.54, 1.807) is 17.2 Å². The molecular weight excluding hydrogens is 436 g/mol. The van der Waals surface area contributed by atoms with Crippen LogP contribution in [0.1, 0.15) is 37.0 Å². The SMILES string of the molecule is CC(C)OC(=O)N1CCC(Oc2ccc(-n3ccc4cc(C(=O)NCCO)ccc43)nc2)CC1. The summed E-state index contributed by atoms with van der Waals surface area (Å²) < 4.78 is 13.3. The van der Waals surface area contributed by atoms with Crippen LogP contribution in [-0.4, -0.2) is 70.0 Å². The molecule has 1 fully saturated rings. The number of hydrogen-bond acceptors (Lipinski definition) is 6. The summed E-state index contributed by atoms with van der Waals surface area (Å²) in [7, 11) is 0. The molecule has 1 aliphatic heterocycles. The minimum absolute atomic E-state index is 0.0264. The molecular formula is C25H30N4O5. The third-order valence-corrected chi connectivity index (χ3v) is 5.66. The number of benzene rings is 1. The van der Waals surface area contributed by atoms with Crippen LogP contribution in [0, 0.1) is 0 Å². The van der Waals surface area contributed by atoms with E-state index in [9.17, 15) is 9.59 Å². The average molecular weight is 467 g/mol. The van der Waals surface area contributed by atoms with E-state index in [1.165, 1.54) is 0 Å². The maximum atomic E-state index is 12.1. The second-order valence-electron chi connectivity index (χ2n) is 8.53. The lowest BCUT2D eigenvalue weighted by molar-refractivity contribution is 0.0516. The standard InChI is InChI=1S/C25H30N4O5/c1-17(2)33-25(32)28-11-8-20(9-12-28)34-21-4-6-23(27-16-21)29-13-7-18-15-19(3-5-22(18)29)24(31)26-10-14-30/h3-7,13,15-17,20,30H,8-12,14H2,1-2H3,(H,26,31). The van der Waals surface area contributed by atoms with Gasteiger partial charge in [0, 0.05) is 49.6 Å². The monoisotopic (exact) mass is 466 g/mol. The van der Waals surface area contributed by atoms with Gasteiger partial charge in [-0.3, -0.25) is 4.79 Å². The first kappa shape index (κ1) is 23.6. The van der Waals surface area contributed by atoms with E-state index in [1.807, 2.05) is 54.9 Å². The lowest BCUT2D eigenvalue weighted by Gasteiger charge is -2.31. The van der Waals surface area contributed by atoms with Crippen molar-refractivity contribution >= 4 is 22.9 Å². The molecule has 9 nitrogen and oxygen atoms in total. The summed E-state index contributed by atoms with van der Waals surface area (Å²) in [6, 6.07) is 11.2. The number of piperidine rings is 1. The predicted molar refractivity (Wildman–Crippen MR) is 127 cm³/mol. The number of fused-ring (bicyclic) bond motifs is 1. The molecule has 0 radical (unpaired) electrons. The highest BCUT2D eigenvalue weighted by Crippen LogP contribution is 2.23. The fourth-order valence-electron chi connectivity index (χ4n) is 3.96. The molecule has 2 N–H and O–H groups in total. The molecule has 0 spiro atoms. The van der Waals surface area contributed by atoms with Crippen molar-refractivity contribution in [2.45, 2.75) is 38.9 Å². The molecule has 2 aromatic heterocycles. The normalized spacial score (nSPS) is 14.4. The molecule has 0 saturated carbocycles. The number of hydrogen-bond donors (Lipinski definition) is 2. The molecule has 0 unspecified atom stereocenters. The van der Waals surface area contributed by atoms with Crippen molar-refractivity contribution in [3.8, 4) is 11.6 Å². The molecule has 0 atom stereocenters. The van der Waals surface area contributed by atoms with Crippen molar-refractivity contribution < 1.29 is 24.2 Å². The summed E-state index contributed by atoms with van der Waals surface area (Å²) in [6.07, 6.45) is 4.74. The summed E-state index contributed by atoms with van der Waals surface area (Å²) >= 11 is 0. The lowest BCUT2D eigenvalue weighted by Crippen LogP contribution is -2.42. The van der Waals surface area contributed by atoms with Gasteiger partial charge < -0.3 is 29.4 Å². The first-order chi connectivity index (χ1) is 16.4. The maximum absolute atomic E-state index is 12.1. The van der Waals surface area contributed by atoms with E-state index in [0.717, 1.165) is 29.6 Å². The molecule has 1 saturated heterocycles. The summed E-state index contributed by atoms with van der Waals surface area (Å²) in [5.74, 6) is 1.21. The predicted octanol–water partition coefficient (Wildman–Crippen LogP) is 3.14. The number of ether oxygens (including phenoxy) is 2. The highest BCUT2D eigenvalue weighted by molar-refractivity contribution is 5.98. The van der Waals surface area contributed by atoms with E-state index in [0.29, 0.717) is 24.4 Å². The number of rotatable bonds is 7. The molecule has 0 bridgehead atoms. The van der Waals surface area contributed by atoms with Gasteiger partial charge in [0.2, 0.25) is 0 Å². The Hall–Kier alpha value is -3.59. The maximum Gasteiger partial charge on any atom is 0.410 e. The van der Waals surface area contributed by atoms with Crippen LogP contribution in [0.2, 0.25) is 0 Å². The number of nitrogens with one attached hydrogen (secondary N) is 1. The van der Waals surface area contributed by atoms with Crippen molar-refractivity contribution in [2.24, 2.45) is 0 Å². The molecule has 1 aliphatic rings. The number of amides is 2. The van der Waals surface area contributed by atoms with E-state index >= 15 is 0 Å². The number of aliphatic hydroxyl groups is 1. The first-order valence-corrected chi connectivity index (χ1v) is 11.5. The van der Waals surface area contributed by atoms with Crippen LogP contribution in [0.5, 0.6) is 5.75 Å². The Morgan fingerprint density at radius 2 is 1.97 bits per heavy atom. The molecule has 4 rings (SSSR count). The highest BCUT2D eigenvalue weighted by Gasteiger charge is 2.25. The summed E-state index contributed by atoms with van der Waals surface area (Å²) in [6.45, 7) is 5.03. The van der Waals surface area contributed by atoms with E-state index < -0.39 is 0 Å².